The van der Waals surface area contributed by atoms with E-state index >= 15 is 0 Å². The number of hydrogen-bond acceptors (Lipinski definition) is 3. The van der Waals surface area contributed by atoms with Crippen molar-refractivity contribution in [3.63, 3.8) is 0 Å². The zero-order valence-electron chi connectivity index (χ0n) is 8.58. The number of nitrogens with zero attached hydrogens (tertiary/aromatic N) is 1. The third-order valence-corrected chi connectivity index (χ3v) is 3.45. The average Bonchev–Trinajstić information content (AvgIpc) is 2.77. The Morgan fingerprint density at radius 3 is 2.94 bits per heavy atom. The molecule has 2 rings (SSSR count). The second-order valence-corrected chi connectivity index (χ2v) is 4.72. The summed E-state index contributed by atoms with van der Waals surface area (Å²) in [4.78, 5) is 5.11. The first-order chi connectivity index (χ1) is 7.66. The molecule has 1 aromatic carbocycles. The van der Waals surface area contributed by atoms with E-state index < -0.39 is 5.82 Å². The molecule has 0 bridgehead atoms. The quantitative estimate of drug-likeness (QED) is 0.894. The number of halogens is 2. The molecule has 0 saturated carbocycles. The monoisotopic (exact) mass is 256 g/mol. The molecule has 16 heavy (non-hydrogen) atoms. The van der Waals surface area contributed by atoms with Crippen LogP contribution in [0.2, 0.25) is 5.02 Å². The molecular formula is C11H10ClFN2S. The summed E-state index contributed by atoms with van der Waals surface area (Å²) >= 11 is 7.17. The van der Waals surface area contributed by atoms with Gasteiger partial charge >= 0.3 is 0 Å². The number of nitrogens with one attached hydrogen (secondary N) is 1. The van der Waals surface area contributed by atoms with Crippen LogP contribution in [0.5, 0.6) is 0 Å². The molecule has 1 N–H and O–H groups in total. The second-order valence-electron chi connectivity index (χ2n) is 3.40. The van der Waals surface area contributed by atoms with Gasteiger partial charge in [0.15, 0.2) is 0 Å². The Morgan fingerprint density at radius 1 is 1.50 bits per heavy atom. The molecule has 0 fully saturated rings. The highest BCUT2D eigenvalue weighted by molar-refractivity contribution is 7.09. The van der Waals surface area contributed by atoms with Gasteiger partial charge in [0.05, 0.1) is 16.6 Å². The van der Waals surface area contributed by atoms with Crippen molar-refractivity contribution in [1.29, 1.82) is 0 Å². The molecule has 0 amide bonds. The summed E-state index contributed by atoms with van der Waals surface area (Å²) in [5.74, 6) is -0.414. The molecule has 0 aliphatic heterocycles. The van der Waals surface area contributed by atoms with Crippen LogP contribution in [0.4, 0.5) is 10.1 Å². The third-order valence-electron chi connectivity index (χ3n) is 2.18. The van der Waals surface area contributed by atoms with Crippen LogP contribution in [-0.2, 0) is 0 Å². The Bertz CT molecular complexity index is 473. The molecule has 0 saturated heterocycles. The number of thiazole rings is 1. The number of rotatable bonds is 3. The highest BCUT2D eigenvalue weighted by Gasteiger charge is 2.08. The second kappa shape index (κ2) is 4.80. The molecule has 0 radical (unpaired) electrons. The maximum absolute atomic E-state index is 13.2. The Hall–Kier alpha value is -1.13. The van der Waals surface area contributed by atoms with Gasteiger partial charge in [-0.05, 0) is 25.1 Å². The normalized spacial score (nSPS) is 12.4. The molecule has 2 aromatic rings. The van der Waals surface area contributed by atoms with Crippen LogP contribution in [0, 0.1) is 5.82 Å². The van der Waals surface area contributed by atoms with Gasteiger partial charge in [0.25, 0.3) is 0 Å². The lowest BCUT2D eigenvalue weighted by atomic mass is 10.2. The van der Waals surface area contributed by atoms with Gasteiger partial charge in [0, 0.05) is 16.8 Å². The predicted molar refractivity (Wildman–Crippen MR) is 65.6 cm³/mol. The summed E-state index contributed by atoms with van der Waals surface area (Å²) in [6, 6.07) is 4.79. The van der Waals surface area contributed by atoms with Gasteiger partial charge in [-0.25, -0.2) is 4.39 Å². The van der Waals surface area contributed by atoms with Gasteiger partial charge in [0.2, 0.25) is 0 Å². The summed E-state index contributed by atoms with van der Waals surface area (Å²) < 4.78 is 13.2. The van der Waals surface area contributed by atoms with Crippen LogP contribution in [0.15, 0.2) is 29.9 Å². The first kappa shape index (κ1) is 11.4. The molecule has 1 aromatic heterocycles. The van der Waals surface area contributed by atoms with Crippen LogP contribution in [0.25, 0.3) is 0 Å². The number of benzene rings is 1. The molecule has 0 aliphatic rings. The van der Waals surface area contributed by atoms with Crippen LogP contribution in [-0.4, -0.2) is 4.98 Å². The lowest BCUT2D eigenvalue weighted by Crippen LogP contribution is -2.04. The summed E-state index contributed by atoms with van der Waals surface area (Å²) in [5.41, 5.74) is 2.48. The van der Waals surface area contributed by atoms with E-state index in [0.29, 0.717) is 5.69 Å². The minimum absolute atomic E-state index is 0.105. The van der Waals surface area contributed by atoms with Gasteiger partial charge in [-0.3, -0.25) is 4.98 Å². The molecule has 2 nitrogen and oxygen atoms in total. The molecule has 1 heterocycles. The van der Waals surface area contributed by atoms with E-state index in [9.17, 15) is 4.39 Å². The Balaban J connectivity index is 2.12. The SMILES string of the molecule is CC(Nc1ccc(Cl)c(F)c1)c1cncs1. The fraction of sp³-hybridized carbons (Fsp3) is 0.182. The van der Waals surface area contributed by atoms with Crippen LogP contribution < -0.4 is 5.32 Å². The first-order valence-electron chi connectivity index (χ1n) is 4.77. The Labute approximate surface area is 102 Å². The number of hydrogen-bond donors (Lipinski definition) is 1. The highest BCUT2D eigenvalue weighted by Crippen LogP contribution is 2.24. The van der Waals surface area contributed by atoms with Crippen molar-refractivity contribution in [3.05, 3.63) is 45.6 Å². The van der Waals surface area contributed by atoms with Gasteiger partial charge in [0.1, 0.15) is 5.82 Å². The lowest BCUT2D eigenvalue weighted by Gasteiger charge is -2.13. The first-order valence-corrected chi connectivity index (χ1v) is 6.02. The van der Waals surface area contributed by atoms with Gasteiger partial charge in [-0.15, -0.1) is 11.3 Å². The minimum Gasteiger partial charge on any atom is -0.378 e. The van der Waals surface area contributed by atoms with E-state index in [1.165, 1.54) is 6.07 Å². The zero-order valence-corrected chi connectivity index (χ0v) is 10.1. The summed E-state index contributed by atoms with van der Waals surface area (Å²) in [6.07, 6.45) is 1.80. The number of aromatic nitrogens is 1. The molecule has 1 unspecified atom stereocenters. The largest absolute Gasteiger partial charge is 0.378 e. The summed E-state index contributed by atoms with van der Waals surface area (Å²) in [5, 5.41) is 3.32. The summed E-state index contributed by atoms with van der Waals surface area (Å²) in [7, 11) is 0. The van der Waals surface area contributed by atoms with Crippen molar-refractivity contribution in [2.75, 3.05) is 5.32 Å². The highest BCUT2D eigenvalue weighted by atomic mass is 35.5. The fourth-order valence-electron chi connectivity index (χ4n) is 1.35. The Morgan fingerprint density at radius 2 is 2.31 bits per heavy atom. The van der Waals surface area contributed by atoms with Gasteiger partial charge in [-0.2, -0.15) is 0 Å². The zero-order chi connectivity index (χ0) is 11.5. The molecule has 5 heteroatoms. The molecule has 0 aliphatic carbocycles. The van der Waals surface area contributed by atoms with Crippen molar-refractivity contribution in [2.45, 2.75) is 13.0 Å². The van der Waals surface area contributed by atoms with E-state index in [4.69, 9.17) is 11.6 Å². The Kier molecular flexibility index (Phi) is 3.41. The third kappa shape index (κ3) is 2.51. The average molecular weight is 257 g/mol. The maximum atomic E-state index is 13.2. The summed E-state index contributed by atoms with van der Waals surface area (Å²) in [6.45, 7) is 2.00. The van der Waals surface area contributed by atoms with E-state index in [2.05, 4.69) is 10.3 Å². The van der Waals surface area contributed by atoms with E-state index in [1.807, 2.05) is 6.92 Å². The molecule has 0 spiro atoms. The predicted octanol–water partition coefficient (Wildman–Crippen LogP) is 4.11. The van der Waals surface area contributed by atoms with Crippen LogP contribution in [0.3, 0.4) is 0 Å². The van der Waals surface area contributed by atoms with Crippen LogP contribution in [0.1, 0.15) is 17.8 Å². The standard InChI is InChI=1S/C11H10ClFN2S/c1-7(11-5-14-6-16-11)15-8-2-3-9(12)10(13)4-8/h2-7,15H,1H3. The van der Waals surface area contributed by atoms with Gasteiger partial charge in [-0.1, -0.05) is 11.6 Å². The molecule has 1 atom stereocenters. The van der Waals surface area contributed by atoms with Crippen molar-refractivity contribution < 1.29 is 4.39 Å². The van der Waals surface area contributed by atoms with Crippen molar-refractivity contribution in [1.82, 2.24) is 4.98 Å². The van der Waals surface area contributed by atoms with Crippen molar-refractivity contribution >= 4 is 28.6 Å². The van der Waals surface area contributed by atoms with Crippen LogP contribution >= 0.6 is 22.9 Å². The van der Waals surface area contributed by atoms with E-state index in [1.54, 1.807) is 35.2 Å². The van der Waals surface area contributed by atoms with E-state index in [0.717, 1.165) is 4.88 Å². The lowest BCUT2D eigenvalue weighted by molar-refractivity contribution is 0.628. The smallest absolute Gasteiger partial charge is 0.143 e. The van der Waals surface area contributed by atoms with E-state index in [-0.39, 0.29) is 11.1 Å². The number of anilines is 1. The van der Waals surface area contributed by atoms with Gasteiger partial charge < -0.3 is 5.32 Å². The fourth-order valence-corrected chi connectivity index (χ4v) is 2.09. The van der Waals surface area contributed by atoms with Crippen molar-refractivity contribution in [2.24, 2.45) is 0 Å². The minimum atomic E-state index is -0.414. The molecule has 84 valence electrons. The van der Waals surface area contributed by atoms with Crippen molar-refractivity contribution in [3.8, 4) is 0 Å². The topological polar surface area (TPSA) is 24.9 Å². The molecular weight excluding hydrogens is 247 g/mol. The maximum Gasteiger partial charge on any atom is 0.143 e.